The van der Waals surface area contributed by atoms with Crippen molar-refractivity contribution in [2.24, 2.45) is 5.73 Å². The summed E-state index contributed by atoms with van der Waals surface area (Å²) < 4.78 is 1.11. The molecule has 82 valence electrons. The van der Waals surface area contributed by atoms with Crippen LogP contribution in [-0.2, 0) is 4.79 Å². The highest BCUT2D eigenvalue weighted by atomic mass is 79.9. The molecule has 0 saturated carbocycles. The number of benzene rings is 1. The molecule has 1 atom stereocenters. The number of carbonyl (C=O) groups is 1. The van der Waals surface area contributed by atoms with Gasteiger partial charge in [0.05, 0.1) is 0 Å². The van der Waals surface area contributed by atoms with Gasteiger partial charge in [0.1, 0.15) is 0 Å². The molecule has 0 radical (unpaired) electrons. The molecule has 2 nitrogen and oxygen atoms in total. The molecular formula is C11H14BrNOS. The molecule has 2 N–H and O–H groups in total. The minimum Gasteiger partial charge on any atom is -0.370 e. The summed E-state index contributed by atoms with van der Waals surface area (Å²) in [7, 11) is 0. The molecule has 0 aliphatic heterocycles. The molecule has 4 heteroatoms. The third-order valence-corrected chi connectivity index (χ3v) is 3.98. The van der Waals surface area contributed by atoms with E-state index in [0.717, 1.165) is 10.2 Å². The topological polar surface area (TPSA) is 43.1 Å². The molecule has 0 heterocycles. The van der Waals surface area contributed by atoms with Crippen LogP contribution in [0.2, 0.25) is 0 Å². The van der Waals surface area contributed by atoms with E-state index in [-0.39, 0.29) is 5.91 Å². The molecule has 0 fully saturated rings. The Hall–Kier alpha value is -0.480. The molecule has 1 aromatic rings. The van der Waals surface area contributed by atoms with Crippen LogP contribution in [0.3, 0.4) is 0 Å². The van der Waals surface area contributed by atoms with Gasteiger partial charge in [0, 0.05) is 21.9 Å². The van der Waals surface area contributed by atoms with E-state index < -0.39 is 0 Å². The smallest absolute Gasteiger partial charge is 0.218 e. The lowest BCUT2D eigenvalue weighted by atomic mass is 10.2. The number of carbonyl (C=O) groups excluding carboxylic acids is 1. The van der Waals surface area contributed by atoms with Gasteiger partial charge in [0.15, 0.2) is 0 Å². The van der Waals surface area contributed by atoms with E-state index in [1.54, 1.807) is 11.8 Å². The van der Waals surface area contributed by atoms with E-state index in [1.807, 2.05) is 18.2 Å². The average Bonchev–Trinajstić information content (AvgIpc) is 2.17. The summed E-state index contributed by atoms with van der Waals surface area (Å²) in [6, 6.07) is 8.13. The number of primary amides is 1. The third-order valence-electron chi connectivity index (χ3n) is 2.06. The van der Waals surface area contributed by atoms with Crippen molar-refractivity contribution in [2.45, 2.75) is 18.6 Å². The Kier molecular flexibility index (Phi) is 5.19. The quantitative estimate of drug-likeness (QED) is 0.904. The zero-order chi connectivity index (χ0) is 11.3. The molecule has 0 aliphatic rings. The van der Waals surface area contributed by atoms with E-state index in [0.29, 0.717) is 11.7 Å². The zero-order valence-corrected chi connectivity index (χ0v) is 11.0. The van der Waals surface area contributed by atoms with Crippen molar-refractivity contribution in [3.63, 3.8) is 0 Å². The molecule has 1 rings (SSSR count). The first-order chi connectivity index (χ1) is 7.11. The summed E-state index contributed by atoms with van der Waals surface area (Å²) in [5.41, 5.74) is 6.34. The fraction of sp³-hybridized carbons (Fsp3) is 0.364. The van der Waals surface area contributed by atoms with Gasteiger partial charge >= 0.3 is 0 Å². The molecule has 0 bridgehead atoms. The Balaban J connectivity index is 2.50. The van der Waals surface area contributed by atoms with Crippen LogP contribution in [0, 0.1) is 0 Å². The first kappa shape index (κ1) is 12.6. The van der Waals surface area contributed by atoms with Gasteiger partial charge in [-0.3, -0.25) is 4.79 Å². The number of nitrogens with two attached hydrogens (primary N) is 1. The van der Waals surface area contributed by atoms with Gasteiger partial charge in [-0.25, -0.2) is 0 Å². The van der Waals surface area contributed by atoms with Crippen molar-refractivity contribution in [2.75, 3.05) is 5.75 Å². The zero-order valence-electron chi connectivity index (χ0n) is 8.57. The van der Waals surface area contributed by atoms with Crippen LogP contribution in [0.15, 0.2) is 28.7 Å². The normalized spacial score (nSPS) is 12.4. The molecule has 0 saturated heterocycles. The van der Waals surface area contributed by atoms with Crippen molar-refractivity contribution in [1.29, 1.82) is 0 Å². The molecule has 0 aliphatic carbocycles. The summed E-state index contributed by atoms with van der Waals surface area (Å²) >= 11 is 5.25. The van der Waals surface area contributed by atoms with Crippen LogP contribution >= 0.6 is 27.7 Å². The van der Waals surface area contributed by atoms with Gasteiger partial charge in [-0.2, -0.15) is 11.8 Å². The maximum Gasteiger partial charge on any atom is 0.218 e. The third kappa shape index (κ3) is 4.26. The number of amides is 1. The average molecular weight is 288 g/mol. The van der Waals surface area contributed by atoms with Crippen LogP contribution in [0.5, 0.6) is 0 Å². The van der Waals surface area contributed by atoms with Gasteiger partial charge in [-0.1, -0.05) is 34.1 Å². The highest BCUT2D eigenvalue weighted by Crippen LogP contribution is 2.33. The van der Waals surface area contributed by atoms with Gasteiger partial charge in [0.25, 0.3) is 0 Å². The van der Waals surface area contributed by atoms with Crippen LogP contribution in [0.25, 0.3) is 0 Å². The highest BCUT2D eigenvalue weighted by Gasteiger charge is 2.09. The van der Waals surface area contributed by atoms with Crippen molar-refractivity contribution in [1.82, 2.24) is 0 Å². The number of halogens is 1. The highest BCUT2D eigenvalue weighted by molar-refractivity contribution is 9.10. The lowest BCUT2D eigenvalue weighted by molar-refractivity contribution is -0.117. The second-order valence-electron chi connectivity index (χ2n) is 3.25. The maximum absolute atomic E-state index is 10.6. The number of rotatable bonds is 5. The van der Waals surface area contributed by atoms with Crippen LogP contribution < -0.4 is 5.73 Å². The van der Waals surface area contributed by atoms with Crippen molar-refractivity contribution in [3.8, 4) is 0 Å². The van der Waals surface area contributed by atoms with E-state index in [2.05, 4.69) is 28.9 Å². The van der Waals surface area contributed by atoms with Crippen LogP contribution in [0.1, 0.15) is 24.2 Å². The van der Waals surface area contributed by atoms with Crippen molar-refractivity contribution >= 4 is 33.6 Å². The fourth-order valence-electron chi connectivity index (χ4n) is 1.23. The summed E-state index contributed by atoms with van der Waals surface area (Å²) in [4.78, 5) is 10.6. The van der Waals surface area contributed by atoms with Crippen molar-refractivity contribution in [3.05, 3.63) is 34.3 Å². The monoisotopic (exact) mass is 287 g/mol. The summed E-state index contributed by atoms with van der Waals surface area (Å²) in [5.74, 6) is 0.541. The molecule has 15 heavy (non-hydrogen) atoms. The summed E-state index contributed by atoms with van der Waals surface area (Å²) in [6.45, 7) is 2.13. The van der Waals surface area contributed by atoms with Crippen molar-refractivity contribution < 1.29 is 4.79 Å². The first-order valence-corrected chi connectivity index (χ1v) is 6.59. The van der Waals surface area contributed by atoms with Gasteiger partial charge in [-0.15, -0.1) is 0 Å². The number of hydrogen-bond acceptors (Lipinski definition) is 2. The van der Waals surface area contributed by atoms with Crippen LogP contribution in [0.4, 0.5) is 0 Å². The predicted molar refractivity (Wildman–Crippen MR) is 68.8 cm³/mol. The largest absolute Gasteiger partial charge is 0.370 e. The van der Waals surface area contributed by atoms with E-state index in [4.69, 9.17) is 5.73 Å². The van der Waals surface area contributed by atoms with Crippen LogP contribution in [-0.4, -0.2) is 11.7 Å². The molecule has 1 unspecified atom stereocenters. The molecule has 0 aromatic heterocycles. The molecule has 0 spiro atoms. The minimum absolute atomic E-state index is 0.234. The van der Waals surface area contributed by atoms with E-state index in [9.17, 15) is 4.79 Å². The summed E-state index contributed by atoms with van der Waals surface area (Å²) in [5, 5.41) is 0.375. The standard InChI is InChI=1S/C11H14BrNOS/c1-8(15-7-6-11(13)14)9-4-2-3-5-10(9)12/h2-5,8H,6-7H2,1H3,(H2,13,14). The Bertz CT molecular complexity index is 343. The molecule has 1 amide bonds. The Morgan fingerprint density at radius 2 is 2.20 bits per heavy atom. The molecular weight excluding hydrogens is 274 g/mol. The Labute approximate surface area is 103 Å². The first-order valence-electron chi connectivity index (χ1n) is 4.75. The lowest BCUT2D eigenvalue weighted by Crippen LogP contribution is -2.11. The minimum atomic E-state index is -0.234. The number of hydrogen-bond donors (Lipinski definition) is 1. The Morgan fingerprint density at radius 3 is 2.80 bits per heavy atom. The van der Waals surface area contributed by atoms with E-state index >= 15 is 0 Å². The maximum atomic E-state index is 10.6. The molecule has 1 aromatic carbocycles. The predicted octanol–water partition coefficient (Wildman–Crippen LogP) is 3.12. The van der Waals surface area contributed by atoms with Gasteiger partial charge < -0.3 is 5.73 Å². The Morgan fingerprint density at radius 1 is 1.53 bits per heavy atom. The lowest BCUT2D eigenvalue weighted by Gasteiger charge is -2.12. The van der Waals surface area contributed by atoms with E-state index in [1.165, 1.54) is 5.56 Å². The number of thioether (sulfide) groups is 1. The second-order valence-corrected chi connectivity index (χ2v) is 5.55. The summed E-state index contributed by atoms with van der Waals surface area (Å²) in [6.07, 6.45) is 0.444. The van der Waals surface area contributed by atoms with Gasteiger partial charge in [0.2, 0.25) is 5.91 Å². The SMILES string of the molecule is CC(SCCC(N)=O)c1ccccc1Br. The van der Waals surface area contributed by atoms with Gasteiger partial charge in [-0.05, 0) is 18.6 Å². The fourth-order valence-corrected chi connectivity index (χ4v) is 3.07. The second kappa shape index (κ2) is 6.18.